The van der Waals surface area contributed by atoms with E-state index < -0.39 is 17.9 Å². The number of halogens is 1. The summed E-state index contributed by atoms with van der Waals surface area (Å²) < 4.78 is 25.0. The summed E-state index contributed by atoms with van der Waals surface area (Å²) in [6.07, 6.45) is 5.54. The molecule has 36 heavy (non-hydrogen) atoms. The van der Waals surface area contributed by atoms with Crippen molar-refractivity contribution >= 4 is 12.4 Å². The number of carboxylic acid groups (broad SMARTS) is 1. The predicted molar refractivity (Wildman–Crippen MR) is 136 cm³/mol. The van der Waals surface area contributed by atoms with E-state index in [1.807, 2.05) is 29.0 Å². The van der Waals surface area contributed by atoms with Crippen molar-refractivity contribution in [3.05, 3.63) is 59.4 Å². The Bertz CT molecular complexity index is 1010. The molecule has 2 aliphatic rings. The van der Waals surface area contributed by atoms with Gasteiger partial charge in [0.05, 0.1) is 12.0 Å². The molecule has 2 aliphatic heterocycles. The number of nitrogens with zero attached hydrogens (tertiary/aromatic N) is 2. The molecule has 1 amide bonds. The minimum atomic E-state index is -0.930. The molecule has 1 saturated heterocycles. The lowest BCUT2D eigenvalue weighted by Crippen LogP contribution is -2.27. The van der Waals surface area contributed by atoms with E-state index in [2.05, 4.69) is 13.8 Å². The maximum absolute atomic E-state index is 14.3. The molecule has 7 nitrogen and oxygen atoms in total. The quantitative estimate of drug-likeness (QED) is 0.459. The van der Waals surface area contributed by atoms with Gasteiger partial charge < -0.3 is 19.5 Å². The molecule has 0 aliphatic carbocycles. The summed E-state index contributed by atoms with van der Waals surface area (Å²) >= 11 is 0. The number of carbonyl (C=O) groups excluding carboxylic acids is 1. The highest BCUT2D eigenvalue weighted by molar-refractivity contribution is 5.74. The van der Waals surface area contributed by atoms with E-state index in [0.717, 1.165) is 50.7 Å². The second-order valence-electron chi connectivity index (χ2n) is 9.34. The Morgan fingerprint density at radius 2 is 1.78 bits per heavy atom. The summed E-state index contributed by atoms with van der Waals surface area (Å²) in [5.41, 5.74) is 1.28. The molecule has 1 fully saturated rings. The number of hydrogen-bond donors (Lipinski definition) is 1. The minimum Gasteiger partial charge on any atom is -0.481 e. The van der Waals surface area contributed by atoms with Gasteiger partial charge in [-0.3, -0.25) is 14.5 Å². The van der Waals surface area contributed by atoms with Crippen molar-refractivity contribution in [2.45, 2.75) is 51.5 Å². The van der Waals surface area contributed by atoms with Crippen molar-refractivity contribution in [3.8, 4) is 11.5 Å². The van der Waals surface area contributed by atoms with Crippen LogP contribution in [0.3, 0.4) is 0 Å². The number of carboxylic acids is 1. The molecule has 0 bridgehead atoms. The molecular formula is C28H37FN2O5. The van der Waals surface area contributed by atoms with Gasteiger partial charge in [0.25, 0.3) is 0 Å². The summed E-state index contributed by atoms with van der Waals surface area (Å²) in [5, 5.41) is 9.87. The highest BCUT2D eigenvalue weighted by Gasteiger charge is 2.47. The zero-order valence-electron chi connectivity index (χ0n) is 21.4. The molecule has 196 valence electrons. The first-order valence-corrected chi connectivity index (χ1v) is 12.7. The third-order valence-electron chi connectivity index (χ3n) is 6.81. The predicted octanol–water partition coefficient (Wildman–Crippen LogP) is 5.07. The van der Waals surface area contributed by atoms with Crippen LogP contribution in [0.25, 0.3) is 0 Å². The van der Waals surface area contributed by atoms with Gasteiger partial charge in [0, 0.05) is 31.1 Å². The van der Waals surface area contributed by atoms with Gasteiger partial charge in [0.2, 0.25) is 13.2 Å². The van der Waals surface area contributed by atoms with E-state index in [1.165, 1.54) is 6.07 Å². The van der Waals surface area contributed by atoms with Gasteiger partial charge >= 0.3 is 5.97 Å². The molecule has 0 saturated carbocycles. The Labute approximate surface area is 212 Å². The first-order valence-electron chi connectivity index (χ1n) is 12.7. The van der Waals surface area contributed by atoms with E-state index in [0.29, 0.717) is 23.6 Å². The number of carbonyl (C=O) groups is 2. The minimum absolute atomic E-state index is 0.170. The van der Waals surface area contributed by atoms with Crippen LogP contribution in [0.4, 0.5) is 4.39 Å². The summed E-state index contributed by atoms with van der Waals surface area (Å²) in [5.74, 6) is -1.03. The van der Waals surface area contributed by atoms with Gasteiger partial charge in [-0.2, -0.15) is 0 Å². The number of benzene rings is 2. The van der Waals surface area contributed by atoms with Crippen LogP contribution in [0.2, 0.25) is 0 Å². The number of amides is 1. The fraction of sp³-hybridized carbons (Fsp3) is 0.500. The summed E-state index contributed by atoms with van der Waals surface area (Å²) in [6, 6.07) is 11.4. The molecule has 2 aromatic carbocycles. The Morgan fingerprint density at radius 1 is 1.11 bits per heavy atom. The standard InChI is InChI=1S/C19H18FNO4.C9H19NO/c1-21-9-13(11-6-7-15-16(8-11)25-10-24-15)17(19(22)23)18(21)12-4-2-3-5-14(12)20;1-3-5-7-10(9-11)8-6-4-2/h2-8,13,17-18H,9-10H2,1H3,(H,22,23);9H,3-8H2,1-2H3. The van der Waals surface area contributed by atoms with Crippen LogP contribution in [0.5, 0.6) is 11.5 Å². The Morgan fingerprint density at radius 3 is 2.39 bits per heavy atom. The number of unbranched alkanes of at least 4 members (excludes halogenated alkanes) is 2. The molecule has 4 rings (SSSR count). The van der Waals surface area contributed by atoms with E-state index in [9.17, 15) is 19.1 Å². The smallest absolute Gasteiger partial charge is 0.309 e. The van der Waals surface area contributed by atoms with Gasteiger partial charge in [-0.15, -0.1) is 0 Å². The summed E-state index contributed by atoms with van der Waals surface area (Å²) in [6.45, 7) is 6.84. The summed E-state index contributed by atoms with van der Waals surface area (Å²) in [4.78, 5) is 26.3. The van der Waals surface area contributed by atoms with Crippen LogP contribution in [0, 0.1) is 11.7 Å². The van der Waals surface area contributed by atoms with Crippen molar-refractivity contribution in [1.82, 2.24) is 9.80 Å². The summed E-state index contributed by atoms with van der Waals surface area (Å²) in [7, 11) is 1.83. The molecule has 0 radical (unpaired) electrons. The monoisotopic (exact) mass is 500 g/mol. The molecule has 8 heteroatoms. The van der Waals surface area contributed by atoms with Crippen molar-refractivity contribution in [3.63, 3.8) is 0 Å². The van der Waals surface area contributed by atoms with Crippen LogP contribution < -0.4 is 9.47 Å². The molecule has 2 heterocycles. The van der Waals surface area contributed by atoms with Crippen molar-refractivity contribution in [2.24, 2.45) is 5.92 Å². The highest BCUT2D eigenvalue weighted by atomic mass is 19.1. The van der Waals surface area contributed by atoms with Crippen LogP contribution in [0.1, 0.15) is 62.6 Å². The molecule has 1 N–H and O–H groups in total. The third kappa shape index (κ3) is 6.55. The average Bonchev–Trinajstić information content (AvgIpc) is 3.48. The lowest BCUT2D eigenvalue weighted by Gasteiger charge is -2.24. The number of likely N-dealkylation sites (N-methyl/N-ethyl adjacent to an activating group) is 1. The largest absolute Gasteiger partial charge is 0.481 e. The Balaban J connectivity index is 0.000000280. The second kappa shape index (κ2) is 13.3. The zero-order chi connectivity index (χ0) is 26.1. The highest BCUT2D eigenvalue weighted by Crippen LogP contribution is 2.47. The number of likely N-dealkylation sites (tertiary alicyclic amines) is 1. The molecule has 3 atom stereocenters. The van der Waals surface area contributed by atoms with Gasteiger partial charge in [-0.1, -0.05) is 51.0 Å². The zero-order valence-corrected chi connectivity index (χ0v) is 21.4. The maximum atomic E-state index is 14.3. The van der Waals surface area contributed by atoms with Gasteiger partial charge in [0.1, 0.15) is 5.82 Å². The van der Waals surface area contributed by atoms with Crippen LogP contribution in [0.15, 0.2) is 42.5 Å². The van der Waals surface area contributed by atoms with Crippen molar-refractivity contribution < 1.29 is 28.6 Å². The van der Waals surface area contributed by atoms with E-state index in [-0.39, 0.29) is 18.5 Å². The van der Waals surface area contributed by atoms with Crippen LogP contribution in [-0.2, 0) is 9.59 Å². The number of fused-ring (bicyclic) bond motifs is 1. The normalized spacial score (nSPS) is 20.5. The lowest BCUT2D eigenvalue weighted by molar-refractivity contribution is -0.143. The van der Waals surface area contributed by atoms with E-state index in [1.54, 1.807) is 24.3 Å². The fourth-order valence-corrected chi connectivity index (χ4v) is 4.88. The fourth-order valence-electron chi connectivity index (χ4n) is 4.88. The first-order chi connectivity index (χ1) is 17.4. The Hall–Kier alpha value is -3.13. The molecule has 0 aromatic heterocycles. The van der Waals surface area contributed by atoms with Crippen molar-refractivity contribution in [1.29, 1.82) is 0 Å². The maximum Gasteiger partial charge on any atom is 0.309 e. The first kappa shape index (κ1) is 27.5. The molecule has 3 unspecified atom stereocenters. The van der Waals surface area contributed by atoms with E-state index in [4.69, 9.17) is 9.47 Å². The molecule has 2 aromatic rings. The molecular weight excluding hydrogens is 463 g/mol. The average molecular weight is 501 g/mol. The van der Waals surface area contributed by atoms with Crippen LogP contribution in [-0.4, -0.2) is 60.8 Å². The number of hydrogen-bond acceptors (Lipinski definition) is 5. The van der Waals surface area contributed by atoms with Crippen molar-refractivity contribution in [2.75, 3.05) is 33.5 Å². The second-order valence-corrected chi connectivity index (χ2v) is 9.34. The third-order valence-corrected chi connectivity index (χ3v) is 6.81. The van der Waals surface area contributed by atoms with Gasteiger partial charge in [0.15, 0.2) is 11.5 Å². The van der Waals surface area contributed by atoms with Gasteiger partial charge in [-0.25, -0.2) is 4.39 Å². The topological polar surface area (TPSA) is 79.3 Å². The van der Waals surface area contributed by atoms with Gasteiger partial charge in [-0.05, 0) is 43.7 Å². The van der Waals surface area contributed by atoms with E-state index >= 15 is 0 Å². The van der Waals surface area contributed by atoms with Crippen LogP contribution >= 0.6 is 0 Å². The number of ether oxygens (including phenoxy) is 2. The lowest BCUT2D eigenvalue weighted by atomic mass is 9.82. The Kier molecular flexibility index (Phi) is 10.1. The number of aliphatic carboxylic acids is 1. The number of rotatable bonds is 10. The molecule has 0 spiro atoms. The SMILES string of the molecule is CCCCN(C=O)CCCC.CN1CC(c2ccc3c(c2)OCO3)C(C(=O)O)C1c1ccccc1F.